The summed E-state index contributed by atoms with van der Waals surface area (Å²) in [6, 6.07) is 4.53. The third kappa shape index (κ3) is 1.25. The third-order valence-corrected chi connectivity index (χ3v) is 3.19. The van der Waals surface area contributed by atoms with Gasteiger partial charge in [0.2, 0.25) is 0 Å². The Morgan fingerprint density at radius 3 is 2.54 bits per heavy atom. The molecule has 2 atom stereocenters. The van der Waals surface area contributed by atoms with Gasteiger partial charge in [-0.3, -0.25) is 4.98 Å². The summed E-state index contributed by atoms with van der Waals surface area (Å²) in [5.74, 6) is 0.522. The van der Waals surface area contributed by atoms with Gasteiger partial charge in [0.15, 0.2) is 0 Å². The molecule has 0 radical (unpaired) electrons. The van der Waals surface area contributed by atoms with Gasteiger partial charge in [-0.05, 0) is 30.0 Å². The van der Waals surface area contributed by atoms with Crippen LogP contribution in [0.15, 0.2) is 18.3 Å². The zero-order valence-corrected chi connectivity index (χ0v) is 8.41. The van der Waals surface area contributed by atoms with Gasteiger partial charge in [-0.2, -0.15) is 0 Å². The number of pyridine rings is 1. The van der Waals surface area contributed by atoms with Gasteiger partial charge in [-0.25, -0.2) is 0 Å². The van der Waals surface area contributed by atoms with Crippen LogP contribution in [0.3, 0.4) is 0 Å². The van der Waals surface area contributed by atoms with Crippen molar-refractivity contribution < 1.29 is 0 Å². The highest BCUT2D eigenvalue weighted by molar-refractivity contribution is 5.33. The lowest BCUT2D eigenvalue weighted by Crippen LogP contribution is -2.06. The summed E-state index contributed by atoms with van der Waals surface area (Å²) < 4.78 is 0. The molecule has 1 aromatic rings. The lowest BCUT2D eigenvalue weighted by Gasteiger charge is -2.02. The first-order valence-electron chi connectivity index (χ1n) is 4.71. The van der Waals surface area contributed by atoms with E-state index < -0.39 is 0 Å². The number of aryl methyl sites for hydroxylation is 1. The molecule has 1 aliphatic carbocycles. The first-order valence-corrected chi connectivity index (χ1v) is 4.71. The minimum absolute atomic E-state index is 0.272. The van der Waals surface area contributed by atoms with Crippen molar-refractivity contribution in [2.45, 2.75) is 32.7 Å². The molecule has 0 bridgehead atoms. The van der Waals surface area contributed by atoms with Crippen LogP contribution in [0.1, 0.15) is 31.0 Å². The van der Waals surface area contributed by atoms with Gasteiger partial charge in [-0.15, -0.1) is 0 Å². The number of aromatic nitrogens is 1. The lowest BCUT2D eigenvalue weighted by molar-refractivity contribution is 0.599. The van der Waals surface area contributed by atoms with Gasteiger partial charge >= 0.3 is 0 Å². The molecule has 0 saturated heterocycles. The molecule has 0 aliphatic heterocycles. The molecule has 0 amide bonds. The Hall–Kier alpha value is -0.890. The average molecular weight is 176 g/mol. The van der Waals surface area contributed by atoms with Crippen molar-refractivity contribution in [2.75, 3.05) is 0 Å². The van der Waals surface area contributed by atoms with E-state index in [9.17, 15) is 0 Å². The molecule has 1 heterocycles. The topological polar surface area (TPSA) is 38.9 Å². The summed E-state index contributed by atoms with van der Waals surface area (Å²) in [5.41, 5.74) is 8.69. The van der Waals surface area contributed by atoms with Crippen molar-refractivity contribution in [3.63, 3.8) is 0 Å². The second-order valence-corrected chi connectivity index (χ2v) is 4.56. The standard InChI is InChI=1S/C11H16N2/c1-7-6-8(4-5-13-7)9-10(12)11(9,2)3/h4-6,9-10H,12H2,1-3H3/t9-,10-/m0/s1. The molecular formula is C11H16N2. The van der Waals surface area contributed by atoms with E-state index in [0.29, 0.717) is 12.0 Å². The number of hydrogen-bond donors (Lipinski definition) is 1. The van der Waals surface area contributed by atoms with Crippen molar-refractivity contribution in [1.29, 1.82) is 0 Å². The molecule has 1 fully saturated rings. The van der Waals surface area contributed by atoms with Gasteiger partial charge in [0.1, 0.15) is 0 Å². The quantitative estimate of drug-likeness (QED) is 0.709. The molecule has 1 aromatic heterocycles. The van der Waals surface area contributed by atoms with E-state index in [1.54, 1.807) is 0 Å². The zero-order chi connectivity index (χ0) is 9.64. The normalized spacial score (nSPS) is 30.2. The molecule has 2 nitrogen and oxygen atoms in total. The third-order valence-electron chi connectivity index (χ3n) is 3.19. The monoisotopic (exact) mass is 176 g/mol. The van der Waals surface area contributed by atoms with Crippen LogP contribution in [0, 0.1) is 12.3 Å². The second kappa shape index (κ2) is 2.55. The Morgan fingerprint density at radius 2 is 2.08 bits per heavy atom. The molecule has 1 aliphatic rings. The molecular weight excluding hydrogens is 160 g/mol. The molecule has 0 spiro atoms. The van der Waals surface area contributed by atoms with Crippen LogP contribution < -0.4 is 5.73 Å². The van der Waals surface area contributed by atoms with Crippen molar-refractivity contribution in [1.82, 2.24) is 4.98 Å². The van der Waals surface area contributed by atoms with Crippen molar-refractivity contribution in [3.05, 3.63) is 29.6 Å². The first kappa shape index (κ1) is 8.70. The van der Waals surface area contributed by atoms with Crippen molar-refractivity contribution in [2.24, 2.45) is 11.1 Å². The SMILES string of the molecule is Cc1cc([C@H]2[C@H](N)C2(C)C)ccn1. The number of nitrogens with two attached hydrogens (primary N) is 1. The van der Waals surface area contributed by atoms with E-state index >= 15 is 0 Å². The minimum Gasteiger partial charge on any atom is -0.327 e. The Balaban J connectivity index is 2.29. The highest BCUT2D eigenvalue weighted by Crippen LogP contribution is 2.57. The van der Waals surface area contributed by atoms with Gasteiger partial charge in [0.25, 0.3) is 0 Å². The van der Waals surface area contributed by atoms with E-state index in [-0.39, 0.29) is 5.41 Å². The predicted octanol–water partition coefficient (Wildman–Crippen LogP) is 1.84. The zero-order valence-electron chi connectivity index (χ0n) is 8.41. The fourth-order valence-electron chi connectivity index (χ4n) is 2.08. The maximum Gasteiger partial charge on any atom is 0.0375 e. The van der Waals surface area contributed by atoms with Crippen LogP contribution >= 0.6 is 0 Å². The number of rotatable bonds is 1. The molecule has 0 aromatic carbocycles. The summed E-state index contributed by atoms with van der Waals surface area (Å²) >= 11 is 0. The summed E-state index contributed by atoms with van der Waals surface area (Å²) in [6.45, 7) is 6.46. The summed E-state index contributed by atoms with van der Waals surface area (Å²) in [4.78, 5) is 4.18. The van der Waals surface area contributed by atoms with Crippen LogP contribution in [-0.2, 0) is 0 Å². The van der Waals surface area contributed by atoms with E-state index in [0.717, 1.165) is 5.69 Å². The average Bonchev–Trinajstić information content (AvgIpc) is 2.51. The smallest absolute Gasteiger partial charge is 0.0375 e. The molecule has 13 heavy (non-hydrogen) atoms. The Kier molecular flexibility index (Phi) is 1.70. The Bertz CT molecular complexity index is 331. The maximum absolute atomic E-state index is 6.01. The molecule has 2 rings (SSSR count). The van der Waals surface area contributed by atoms with Crippen molar-refractivity contribution in [3.8, 4) is 0 Å². The molecule has 2 heteroatoms. The van der Waals surface area contributed by atoms with E-state index in [2.05, 4.69) is 31.0 Å². The fourth-order valence-corrected chi connectivity index (χ4v) is 2.08. The molecule has 0 unspecified atom stereocenters. The Morgan fingerprint density at radius 1 is 1.46 bits per heavy atom. The highest BCUT2D eigenvalue weighted by Gasteiger charge is 2.56. The lowest BCUT2D eigenvalue weighted by atomic mass is 10.0. The van der Waals surface area contributed by atoms with Crippen LogP contribution in [0.5, 0.6) is 0 Å². The summed E-state index contributed by atoms with van der Waals surface area (Å²) in [5, 5.41) is 0. The number of nitrogens with zero attached hydrogens (tertiary/aromatic N) is 1. The van der Waals surface area contributed by atoms with E-state index in [4.69, 9.17) is 5.73 Å². The van der Waals surface area contributed by atoms with E-state index in [1.165, 1.54) is 5.56 Å². The van der Waals surface area contributed by atoms with Gasteiger partial charge < -0.3 is 5.73 Å². The van der Waals surface area contributed by atoms with Crippen LogP contribution in [0.2, 0.25) is 0 Å². The second-order valence-electron chi connectivity index (χ2n) is 4.56. The molecule has 1 saturated carbocycles. The van der Waals surface area contributed by atoms with Crippen LogP contribution in [0.25, 0.3) is 0 Å². The van der Waals surface area contributed by atoms with Crippen molar-refractivity contribution >= 4 is 0 Å². The fraction of sp³-hybridized carbons (Fsp3) is 0.545. The largest absolute Gasteiger partial charge is 0.327 e. The number of hydrogen-bond acceptors (Lipinski definition) is 2. The van der Waals surface area contributed by atoms with Gasteiger partial charge in [0, 0.05) is 23.9 Å². The molecule has 2 N–H and O–H groups in total. The van der Waals surface area contributed by atoms with Crippen LogP contribution in [-0.4, -0.2) is 11.0 Å². The van der Waals surface area contributed by atoms with Gasteiger partial charge in [0.05, 0.1) is 0 Å². The predicted molar refractivity (Wildman–Crippen MR) is 53.5 cm³/mol. The summed E-state index contributed by atoms with van der Waals surface area (Å²) in [7, 11) is 0. The maximum atomic E-state index is 6.01. The van der Waals surface area contributed by atoms with Gasteiger partial charge in [-0.1, -0.05) is 13.8 Å². The Labute approximate surface area is 79.2 Å². The van der Waals surface area contributed by atoms with E-state index in [1.807, 2.05) is 13.1 Å². The highest BCUT2D eigenvalue weighted by atomic mass is 14.8. The summed E-state index contributed by atoms with van der Waals surface area (Å²) in [6.07, 6.45) is 1.87. The molecule has 70 valence electrons. The first-order chi connectivity index (χ1) is 6.03. The minimum atomic E-state index is 0.272. The van der Waals surface area contributed by atoms with Crippen LogP contribution in [0.4, 0.5) is 0 Å².